The van der Waals surface area contributed by atoms with Gasteiger partial charge in [-0.2, -0.15) is 0 Å². The topological polar surface area (TPSA) is 104 Å². The Morgan fingerprint density at radius 3 is 2.19 bits per heavy atom. The van der Waals surface area contributed by atoms with Gasteiger partial charge in [-0.15, -0.1) is 0 Å². The lowest BCUT2D eigenvalue weighted by Crippen LogP contribution is -2.46. The third kappa shape index (κ3) is 7.25. The predicted octanol–water partition coefficient (Wildman–Crippen LogP) is 4.78. The van der Waals surface area contributed by atoms with Gasteiger partial charge >= 0.3 is 0 Å². The van der Waals surface area contributed by atoms with Gasteiger partial charge in [0.25, 0.3) is 5.91 Å². The molecule has 1 heterocycles. The lowest BCUT2D eigenvalue weighted by Gasteiger charge is -2.32. The van der Waals surface area contributed by atoms with Crippen LogP contribution in [-0.4, -0.2) is 46.1 Å². The molecule has 0 unspecified atom stereocenters. The highest BCUT2D eigenvalue weighted by molar-refractivity contribution is 5.94. The molecule has 0 saturated heterocycles. The number of nitrogens with one attached hydrogen (secondary N) is 2. The van der Waals surface area contributed by atoms with E-state index in [4.69, 9.17) is 0 Å². The lowest BCUT2D eigenvalue weighted by atomic mass is 9.79. The number of carbonyl (C=O) groups is 2. The second-order valence-electron chi connectivity index (χ2n) is 10.9. The molecule has 7 nitrogen and oxygen atoms in total. The molecular weight excluding hydrogens is 452 g/mol. The summed E-state index contributed by atoms with van der Waals surface area (Å²) in [7, 11) is 1.67. The molecule has 3 atom stereocenters. The largest absolute Gasteiger partial charge is 0.391 e. The molecule has 1 aromatic heterocycles. The van der Waals surface area contributed by atoms with Crippen LogP contribution < -0.4 is 10.6 Å². The van der Waals surface area contributed by atoms with E-state index >= 15 is 0 Å². The number of carbonyl (C=O) groups excluding carboxylic acids is 2. The molecule has 0 spiro atoms. The van der Waals surface area contributed by atoms with E-state index in [1.165, 1.54) is 44.7 Å². The number of hydrogen-bond acceptors (Lipinski definition) is 5. The third-order valence-electron chi connectivity index (χ3n) is 8.26. The number of aliphatic hydroxyl groups is 1. The number of aromatic nitrogens is 2. The van der Waals surface area contributed by atoms with Crippen molar-refractivity contribution in [2.75, 3.05) is 7.05 Å². The third-order valence-corrected chi connectivity index (χ3v) is 8.26. The van der Waals surface area contributed by atoms with Crippen LogP contribution >= 0.6 is 0 Å². The second-order valence-corrected chi connectivity index (χ2v) is 10.9. The van der Waals surface area contributed by atoms with Gasteiger partial charge < -0.3 is 15.7 Å². The molecule has 1 aromatic carbocycles. The summed E-state index contributed by atoms with van der Waals surface area (Å²) >= 11 is 0. The van der Waals surface area contributed by atoms with E-state index in [1.54, 1.807) is 7.05 Å². The van der Waals surface area contributed by atoms with Crippen LogP contribution in [0.2, 0.25) is 0 Å². The average molecular weight is 495 g/mol. The molecule has 0 aliphatic heterocycles. The van der Waals surface area contributed by atoms with Crippen molar-refractivity contribution in [3.63, 3.8) is 0 Å². The highest BCUT2D eigenvalue weighted by Crippen LogP contribution is 2.33. The Hall–Kier alpha value is -2.54. The van der Waals surface area contributed by atoms with E-state index in [1.807, 2.05) is 24.3 Å². The molecule has 2 aliphatic rings. The number of amides is 2. The normalized spacial score (nSPS) is 19.9. The first-order valence-electron chi connectivity index (χ1n) is 14.0. The number of rotatable bonds is 10. The van der Waals surface area contributed by atoms with Crippen LogP contribution in [0.3, 0.4) is 0 Å². The summed E-state index contributed by atoms with van der Waals surface area (Å²) in [5.74, 6) is 0.421. The van der Waals surface area contributed by atoms with Crippen molar-refractivity contribution in [2.24, 2.45) is 17.8 Å². The first-order valence-corrected chi connectivity index (χ1v) is 14.0. The van der Waals surface area contributed by atoms with Crippen molar-refractivity contribution in [1.82, 2.24) is 20.6 Å². The van der Waals surface area contributed by atoms with Crippen molar-refractivity contribution in [3.05, 3.63) is 36.2 Å². The van der Waals surface area contributed by atoms with Crippen molar-refractivity contribution < 1.29 is 14.7 Å². The molecule has 2 aliphatic carbocycles. The molecule has 0 radical (unpaired) electrons. The van der Waals surface area contributed by atoms with Gasteiger partial charge in [-0.25, -0.2) is 4.98 Å². The number of aliphatic hydroxyl groups excluding tert-OH is 1. The maximum Gasteiger partial charge on any atom is 0.271 e. The van der Waals surface area contributed by atoms with Crippen molar-refractivity contribution in [3.8, 4) is 0 Å². The van der Waals surface area contributed by atoms with Gasteiger partial charge in [0, 0.05) is 13.0 Å². The van der Waals surface area contributed by atoms with Gasteiger partial charge in [-0.3, -0.25) is 14.6 Å². The highest BCUT2D eigenvalue weighted by atomic mass is 16.3. The first kappa shape index (κ1) is 26.5. The summed E-state index contributed by atoms with van der Waals surface area (Å²) in [5, 5.41) is 17.3. The Morgan fingerprint density at radius 2 is 1.56 bits per heavy atom. The van der Waals surface area contributed by atoms with Gasteiger partial charge in [-0.05, 0) is 43.2 Å². The standard InChI is InChI=1S/C29H42N4O3/c1-30-28(35)22(16-20-10-4-2-5-11-20)18-27(34)25(17-21-12-6-3-7-13-21)33-29(36)26-19-31-23-14-8-9-15-24(23)32-26/h8-9,14-15,19-22,25,27,34H,2-7,10-13,16-18H2,1H3,(H,30,35)(H,33,36)/t22-,25+,27+/m1/s1. The van der Waals surface area contributed by atoms with Crippen molar-refractivity contribution >= 4 is 22.8 Å². The molecule has 0 bridgehead atoms. The number of para-hydroxylation sites is 2. The van der Waals surface area contributed by atoms with Crippen LogP contribution in [0.1, 0.15) is 94.0 Å². The van der Waals surface area contributed by atoms with E-state index in [9.17, 15) is 14.7 Å². The monoisotopic (exact) mass is 494 g/mol. The van der Waals surface area contributed by atoms with Gasteiger partial charge in [0.05, 0.1) is 29.4 Å². The second kappa shape index (κ2) is 13.1. The van der Waals surface area contributed by atoms with Gasteiger partial charge in [0.15, 0.2) is 0 Å². The van der Waals surface area contributed by atoms with E-state index in [-0.39, 0.29) is 23.4 Å². The molecule has 2 fully saturated rings. The van der Waals surface area contributed by atoms with E-state index in [0.717, 1.165) is 44.0 Å². The van der Waals surface area contributed by atoms with Gasteiger partial charge in [0.2, 0.25) is 5.91 Å². The van der Waals surface area contributed by atoms with E-state index in [0.29, 0.717) is 23.8 Å². The van der Waals surface area contributed by atoms with E-state index in [2.05, 4.69) is 20.6 Å². The maximum atomic E-state index is 13.2. The van der Waals surface area contributed by atoms with Crippen LogP contribution in [0.5, 0.6) is 0 Å². The molecule has 2 amide bonds. The number of nitrogens with zero attached hydrogens (tertiary/aromatic N) is 2. The Balaban J connectivity index is 1.48. The minimum absolute atomic E-state index is 0.0113. The van der Waals surface area contributed by atoms with Crippen LogP contribution in [0.15, 0.2) is 30.5 Å². The summed E-state index contributed by atoms with van der Waals surface area (Å²) in [6, 6.07) is 7.05. The number of benzene rings is 1. The number of fused-ring (bicyclic) bond motifs is 1. The fourth-order valence-corrected chi connectivity index (χ4v) is 6.20. The SMILES string of the molecule is CNC(=O)[C@H](CC1CCCCC1)C[C@H](O)[C@H](CC1CCCCC1)NC(=O)c1cnc2ccccc2n1. The Labute approximate surface area is 214 Å². The highest BCUT2D eigenvalue weighted by Gasteiger charge is 2.32. The van der Waals surface area contributed by atoms with Crippen molar-refractivity contribution in [1.29, 1.82) is 0 Å². The smallest absolute Gasteiger partial charge is 0.271 e. The molecule has 2 aromatic rings. The summed E-state index contributed by atoms with van der Waals surface area (Å²) in [6.45, 7) is 0. The first-order chi connectivity index (χ1) is 17.5. The molecule has 196 valence electrons. The fourth-order valence-electron chi connectivity index (χ4n) is 6.20. The molecular formula is C29H42N4O3. The lowest BCUT2D eigenvalue weighted by molar-refractivity contribution is -0.126. The summed E-state index contributed by atoms with van der Waals surface area (Å²) < 4.78 is 0. The molecule has 7 heteroatoms. The Bertz CT molecular complexity index is 1000. The number of hydrogen-bond donors (Lipinski definition) is 3. The van der Waals surface area contributed by atoms with Crippen LogP contribution in [-0.2, 0) is 4.79 Å². The van der Waals surface area contributed by atoms with Crippen LogP contribution in [0.4, 0.5) is 0 Å². The summed E-state index contributed by atoms with van der Waals surface area (Å²) in [4.78, 5) is 34.9. The summed E-state index contributed by atoms with van der Waals surface area (Å²) in [5.41, 5.74) is 1.66. The minimum atomic E-state index is -0.796. The molecule has 2 saturated carbocycles. The van der Waals surface area contributed by atoms with Crippen LogP contribution in [0, 0.1) is 17.8 Å². The van der Waals surface area contributed by atoms with Gasteiger partial charge in [0.1, 0.15) is 5.69 Å². The molecule has 4 rings (SSSR count). The van der Waals surface area contributed by atoms with Crippen LogP contribution in [0.25, 0.3) is 11.0 Å². The molecule has 3 N–H and O–H groups in total. The Morgan fingerprint density at radius 1 is 0.944 bits per heavy atom. The zero-order chi connectivity index (χ0) is 25.3. The minimum Gasteiger partial charge on any atom is -0.391 e. The fraction of sp³-hybridized carbons (Fsp3) is 0.655. The van der Waals surface area contributed by atoms with E-state index < -0.39 is 12.1 Å². The molecule has 36 heavy (non-hydrogen) atoms. The summed E-state index contributed by atoms with van der Waals surface area (Å²) in [6.07, 6.45) is 14.5. The zero-order valence-electron chi connectivity index (χ0n) is 21.6. The quantitative estimate of drug-likeness (QED) is 0.441. The average Bonchev–Trinajstić information content (AvgIpc) is 2.92. The maximum absolute atomic E-state index is 13.2. The Kier molecular flexibility index (Phi) is 9.67. The predicted molar refractivity (Wildman–Crippen MR) is 141 cm³/mol. The van der Waals surface area contributed by atoms with Gasteiger partial charge in [-0.1, -0.05) is 76.3 Å². The van der Waals surface area contributed by atoms with Crippen molar-refractivity contribution in [2.45, 2.75) is 95.6 Å². The zero-order valence-corrected chi connectivity index (χ0v) is 21.6.